The van der Waals surface area contributed by atoms with Crippen LogP contribution in [0.3, 0.4) is 0 Å². The molecule has 72 valence electrons. The molecule has 0 aliphatic heterocycles. The maximum Gasteiger partial charge on any atom is -0.0406 e. The maximum atomic E-state index is 1.60. The first kappa shape index (κ1) is 10.7. The van der Waals surface area contributed by atoms with Crippen molar-refractivity contribution in [2.75, 3.05) is 0 Å². The number of hydrogen-bond acceptors (Lipinski definition) is 0. The summed E-state index contributed by atoms with van der Waals surface area (Å²) < 4.78 is 0. The summed E-state index contributed by atoms with van der Waals surface area (Å²) in [4.78, 5) is 0. The van der Waals surface area contributed by atoms with Crippen molar-refractivity contribution in [2.24, 2.45) is 23.7 Å². The van der Waals surface area contributed by atoms with Gasteiger partial charge in [-0.25, -0.2) is 0 Å². The van der Waals surface area contributed by atoms with Crippen LogP contribution in [0, 0.1) is 23.7 Å². The number of rotatable bonds is 0. The topological polar surface area (TPSA) is 0 Å². The van der Waals surface area contributed by atoms with Crippen LogP contribution in [0.15, 0.2) is 0 Å². The van der Waals surface area contributed by atoms with Crippen molar-refractivity contribution in [3.8, 4) is 0 Å². The van der Waals surface area contributed by atoms with Gasteiger partial charge in [0.15, 0.2) is 0 Å². The normalized spacial score (nSPS) is 48.0. The molecular formula is C10H18Cl2. The fourth-order valence-corrected chi connectivity index (χ4v) is 3.98. The molecule has 0 N–H and O–H groups in total. The average molecular weight is 209 g/mol. The largest absolute Gasteiger partial charge is 0.147 e. The van der Waals surface area contributed by atoms with E-state index in [1.807, 2.05) is 0 Å². The van der Waals surface area contributed by atoms with Crippen molar-refractivity contribution < 1.29 is 0 Å². The van der Waals surface area contributed by atoms with Crippen LogP contribution in [0.2, 0.25) is 0 Å². The molecule has 0 heterocycles. The smallest absolute Gasteiger partial charge is 0.0406 e. The Morgan fingerprint density at radius 2 is 0.583 bits per heavy atom. The average Bonchev–Trinajstić information content (AvgIpc) is 1.82. The summed E-state index contributed by atoms with van der Waals surface area (Å²) in [6.45, 7) is 0. The van der Waals surface area contributed by atoms with Crippen LogP contribution >= 0.6 is 24.8 Å². The third-order valence-electron chi connectivity index (χ3n) is 4.00. The van der Waals surface area contributed by atoms with Gasteiger partial charge >= 0.3 is 0 Å². The van der Waals surface area contributed by atoms with Crippen molar-refractivity contribution in [1.29, 1.82) is 0 Å². The molecule has 0 amide bonds. The van der Waals surface area contributed by atoms with Gasteiger partial charge in [-0.1, -0.05) is 0 Å². The number of halogens is 2. The highest BCUT2D eigenvalue weighted by molar-refractivity contribution is 5.85. The van der Waals surface area contributed by atoms with Gasteiger partial charge in [-0.05, 0) is 62.2 Å². The summed E-state index contributed by atoms with van der Waals surface area (Å²) in [5, 5.41) is 0. The molecule has 4 rings (SSSR count). The molecule has 0 aromatic carbocycles. The monoisotopic (exact) mass is 208 g/mol. The van der Waals surface area contributed by atoms with Crippen molar-refractivity contribution in [1.82, 2.24) is 0 Å². The third kappa shape index (κ3) is 1.61. The Morgan fingerprint density at radius 3 is 0.750 bits per heavy atom. The van der Waals surface area contributed by atoms with Gasteiger partial charge in [0, 0.05) is 0 Å². The van der Waals surface area contributed by atoms with E-state index in [1.165, 1.54) is 23.7 Å². The van der Waals surface area contributed by atoms with Crippen LogP contribution in [-0.2, 0) is 0 Å². The molecule has 0 nitrogen and oxygen atoms in total. The van der Waals surface area contributed by atoms with E-state index in [0.29, 0.717) is 0 Å². The predicted octanol–water partition coefficient (Wildman–Crippen LogP) is 3.68. The van der Waals surface area contributed by atoms with Gasteiger partial charge in [0.1, 0.15) is 0 Å². The maximum absolute atomic E-state index is 1.60. The molecule has 12 heavy (non-hydrogen) atoms. The van der Waals surface area contributed by atoms with Gasteiger partial charge in [0.2, 0.25) is 0 Å². The second kappa shape index (κ2) is 3.75. The molecule has 0 unspecified atom stereocenters. The summed E-state index contributed by atoms with van der Waals surface area (Å²) in [5.74, 6) is 4.71. The molecule has 0 aromatic rings. The second-order valence-electron chi connectivity index (χ2n) is 4.88. The van der Waals surface area contributed by atoms with Gasteiger partial charge in [0.25, 0.3) is 0 Å². The second-order valence-corrected chi connectivity index (χ2v) is 4.88. The van der Waals surface area contributed by atoms with E-state index < -0.39 is 0 Å². The predicted molar refractivity (Wildman–Crippen MR) is 56.2 cm³/mol. The third-order valence-corrected chi connectivity index (χ3v) is 4.00. The fourth-order valence-electron chi connectivity index (χ4n) is 3.98. The van der Waals surface area contributed by atoms with E-state index in [-0.39, 0.29) is 24.8 Å². The number of hydrogen-bond donors (Lipinski definition) is 0. The molecule has 0 spiro atoms. The Kier molecular flexibility index (Phi) is 3.34. The summed E-state index contributed by atoms with van der Waals surface area (Å²) >= 11 is 0. The van der Waals surface area contributed by atoms with E-state index in [1.54, 1.807) is 38.5 Å². The highest BCUT2D eigenvalue weighted by atomic mass is 35.5. The highest BCUT2D eigenvalue weighted by Crippen LogP contribution is 2.53. The van der Waals surface area contributed by atoms with Crippen LogP contribution in [0.1, 0.15) is 38.5 Å². The van der Waals surface area contributed by atoms with Gasteiger partial charge < -0.3 is 0 Å². The van der Waals surface area contributed by atoms with Gasteiger partial charge in [-0.15, -0.1) is 24.8 Å². The highest BCUT2D eigenvalue weighted by Gasteiger charge is 2.41. The molecule has 4 aliphatic carbocycles. The van der Waals surface area contributed by atoms with Crippen LogP contribution in [0.4, 0.5) is 0 Å². The van der Waals surface area contributed by atoms with Gasteiger partial charge in [-0.3, -0.25) is 0 Å². The zero-order valence-electron chi connectivity index (χ0n) is 7.37. The lowest BCUT2D eigenvalue weighted by Crippen LogP contribution is -2.38. The molecule has 4 saturated carbocycles. The minimum Gasteiger partial charge on any atom is -0.147 e. The first-order chi connectivity index (χ1) is 4.90. The minimum absolute atomic E-state index is 0. The molecule has 2 heteroatoms. The van der Waals surface area contributed by atoms with Crippen LogP contribution < -0.4 is 0 Å². The summed E-state index contributed by atoms with van der Waals surface area (Å²) in [6.07, 6.45) is 9.62. The first-order valence-electron chi connectivity index (χ1n) is 4.90. The summed E-state index contributed by atoms with van der Waals surface area (Å²) in [6, 6.07) is 0. The van der Waals surface area contributed by atoms with Crippen molar-refractivity contribution in [3.63, 3.8) is 0 Å². The van der Waals surface area contributed by atoms with Crippen LogP contribution in [0.25, 0.3) is 0 Å². The van der Waals surface area contributed by atoms with Crippen molar-refractivity contribution in [3.05, 3.63) is 0 Å². The van der Waals surface area contributed by atoms with E-state index in [0.717, 1.165) is 0 Å². The molecule has 0 atom stereocenters. The zero-order chi connectivity index (χ0) is 6.55. The summed E-state index contributed by atoms with van der Waals surface area (Å²) in [7, 11) is 0. The molecular weight excluding hydrogens is 191 g/mol. The Bertz CT molecular complexity index is 99.4. The molecule has 4 aliphatic rings. The lowest BCUT2D eigenvalue weighted by Gasteiger charge is -2.49. The molecule has 0 saturated heterocycles. The van der Waals surface area contributed by atoms with E-state index >= 15 is 0 Å². The Balaban J connectivity index is 0.000000360. The lowest BCUT2D eigenvalue weighted by molar-refractivity contribution is 0.0198. The summed E-state index contributed by atoms with van der Waals surface area (Å²) in [5.41, 5.74) is 0. The quantitative estimate of drug-likeness (QED) is 0.571. The first-order valence-corrected chi connectivity index (χ1v) is 4.90. The SMILES string of the molecule is C1C2CC3CC1CC(C2)C3.Cl.Cl. The van der Waals surface area contributed by atoms with Gasteiger partial charge in [-0.2, -0.15) is 0 Å². The lowest BCUT2D eigenvalue weighted by atomic mass is 9.56. The Hall–Kier alpha value is 0.580. The minimum atomic E-state index is 0. The molecule has 4 bridgehead atoms. The van der Waals surface area contributed by atoms with Gasteiger partial charge in [0.05, 0.1) is 0 Å². The standard InChI is InChI=1S/C10H16.2ClH/c1-7-2-9-4-8(1)5-10(3-7)6-9;;/h7-10H,1-6H2;2*1H. The van der Waals surface area contributed by atoms with Crippen molar-refractivity contribution >= 4 is 24.8 Å². The van der Waals surface area contributed by atoms with E-state index in [4.69, 9.17) is 0 Å². The van der Waals surface area contributed by atoms with E-state index in [9.17, 15) is 0 Å². The zero-order valence-corrected chi connectivity index (χ0v) is 9.00. The van der Waals surface area contributed by atoms with Crippen LogP contribution in [-0.4, -0.2) is 0 Å². The molecule has 0 aromatic heterocycles. The molecule has 0 radical (unpaired) electrons. The van der Waals surface area contributed by atoms with Crippen LogP contribution in [0.5, 0.6) is 0 Å². The van der Waals surface area contributed by atoms with Crippen molar-refractivity contribution in [2.45, 2.75) is 38.5 Å². The van der Waals surface area contributed by atoms with E-state index in [2.05, 4.69) is 0 Å². The fraction of sp³-hybridized carbons (Fsp3) is 1.00. The Labute approximate surface area is 87.3 Å². The molecule has 4 fully saturated rings. The Morgan fingerprint density at radius 1 is 0.417 bits per heavy atom.